The predicted molar refractivity (Wildman–Crippen MR) is 77.5 cm³/mol. The molecule has 4 rings (SSSR count). The van der Waals surface area contributed by atoms with E-state index in [0.717, 1.165) is 35.9 Å². The van der Waals surface area contributed by atoms with Crippen molar-refractivity contribution < 1.29 is 0 Å². The predicted octanol–water partition coefficient (Wildman–Crippen LogP) is 1.82. The molecule has 2 N–H and O–H groups in total. The van der Waals surface area contributed by atoms with Gasteiger partial charge in [-0.25, -0.2) is 10.0 Å². The highest BCUT2D eigenvalue weighted by molar-refractivity contribution is 7.80. The Hall–Kier alpha value is -0.620. The normalized spacial score (nSPS) is 31.3. The zero-order valence-electron chi connectivity index (χ0n) is 10.4. The van der Waals surface area contributed by atoms with Gasteiger partial charge in [-0.05, 0) is 75.8 Å². The number of rotatable bonds is 0. The first-order valence-corrected chi connectivity index (χ1v) is 7.73. The van der Waals surface area contributed by atoms with E-state index in [2.05, 4.69) is 20.7 Å². The third-order valence-electron chi connectivity index (χ3n) is 4.94. The van der Waals surface area contributed by atoms with Crippen LogP contribution in [-0.2, 0) is 0 Å². The summed E-state index contributed by atoms with van der Waals surface area (Å²) in [6, 6.07) is 0. The molecule has 0 unspecified atom stereocenters. The summed E-state index contributed by atoms with van der Waals surface area (Å²) in [5, 5.41) is 13.4. The molecule has 0 aromatic heterocycles. The summed E-state index contributed by atoms with van der Waals surface area (Å²) < 4.78 is 0. The van der Waals surface area contributed by atoms with E-state index in [0.29, 0.717) is 0 Å². The van der Waals surface area contributed by atoms with Crippen molar-refractivity contribution in [2.45, 2.75) is 62.7 Å². The second-order valence-corrected chi connectivity index (χ2v) is 6.73. The summed E-state index contributed by atoms with van der Waals surface area (Å²) in [5.74, 6) is 0. The number of fused-ring (bicyclic) bond motifs is 3. The van der Waals surface area contributed by atoms with Gasteiger partial charge in [0.2, 0.25) is 0 Å². The molecule has 2 saturated carbocycles. The number of thiocarbonyl (C=S) groups is 2. The Kier molecular flexibility index (Phi) is 2.17. The molecule has 4 fully saturated rings. The average molecular weight is 282 g/mol. The largest absolute Gasteiger partial charge is 0.337 e. The zero-order chi connectivity index (χ0) is 12.4. The van der Waals surface area contributed by atoms with Gasteiger partial charge < -0.3 is 10.6 Å². The molecule has 2 aliphatic carbocycles. The number of nitrogens with one attached hydrogen (secondary N) is 2. The lowest BCUT2D eigenvalue weighted by Crippen LogP contribution is -2.52. The van der Waals surface area contributed by atoms with Crippen LogP contribution in [0, 0.1) is 0 Å². The van der Waals surface area contributed by atoms with Crippen molar-refractivity contribution in [3.05, 3.63) is 0 Å². The average Bonchev–Trinajstić information content (AvgIpc) is 3.03. The molecule has 0 atom stereocenters. The smallest absolute Gasteiger partial charge is 0.192 e. The van der Waals surface area contributed by atoms with Crippen molar-refractivity contribution in [2.75, 3.05) is 0 Å². The Balaban J connectivity index is 1.77. The summed E-state index contributed by atoms with van der Waals surface area (Å²) >= 11 is 11.2. The van der Waals surface area contributed by atoms with Crippen LogP contribution < -0.4 is 10.6 Å². The molecule has 2 spiro atoms. The zero-order valence-corrected chi connectivity index (χ0v) is 12.0. The highest BCUT2D eigenvalue weighted by atomic mass is 32.1. The fourth-order valence-electron chi connectivity index (χ4n) is 4.16. The van der Waals surface area contributed by atoms with Crippen LogP contribution in [0.15, 0.2) is 0 Å². The van der Waals surface area contributed by atoms with Crippen molar-refractivity contribution in [2.24, 2.45) is 0 Å². The summed E-state index contributed by atoms with van der Waals surface area (Å²) in [7, 11) is 0. The van der Waals surface area contributed by atoms with Crippen molar-refractivity contribution in [3.8, 4) is 0 Å². The molecule has 6 heteroatoms. The Labute approximate surface area is 118 Å². The van der Waals surface area contributed by atoms with Crippen molar-refractivity contribution in [1.29, 1.82) is 0 Å². The molecule has 2 aliphatic heterocycles. The van der Waals surface area contributed by atoms with Gasteiger partial charge in [-0.3, -0.25) is 0 Å². The lowest BCUT2D eigenvalue weighted by atomic mass is 10.1. The quantitative estimate of drug-likeness (QED) is 0.659. The number of hydrogen-bond acceptors (Lipinski definition) is 2. The SMILES string of the molecule is S=C1NC2(CCCC2)N2C(=S)NC3(CCCC3)N12. The first-order chi connectivity index (χ1) is 8.67. The van der Waals surface area contributed by atoms with Crippen LogP contribution in [0.1, 0.15) is 51.4 Å². The Bertz CT molecular complexity index is 384. The molecule has 4 aliphatic rings. The van der Waals surface area contributed by atoms with Gasteiger partial charge in [-0.1, -0.05) is 0 Å². The Morgan fingerprint density at radius 1 is 0.722 bits per heavy atom. The summed E-state index contributed by atoms with van der Waals surface area (Å²) in [6.07, 6.45) is 9.60. The minimum atomic E-state index is -0.0206. The molecule has 0 amide bonds. The summed E-state index contributed by atoms with van der Waals surface area (Å²) in [5.41, 5.74) is -0.0412. The number of nitrogens with zero attached hydrogens (tertiary/aromatic N) is 2. The monoisotopic (exact) mass is 282 g/mol. The maximum atomic E-state index is 5.60. The second-order valence-electron chi connectivity index (χ2n) is 5.96. The van der Waals surface area contributed by atoms with Crippen LogP contribution in [0.5, 0.6) is 0 Å². The molecule has 4 nitrogen and oxygen atoms in total. The highest BCUT2D eigenvalue weighted by Crippen LogP contribution is 2.47. The first kappa shape index (κ1) is 11.2. The minimum absolute atomic E-state index is 0.0206. The van der Waals surface area contributed by atoms with E-state index in [1.165, 1.54) is 25.7 Å². The molecule has 18 heavy (non-hydrogen) atoms. The van der Waals surface area contributed by atoms with Crippen LogP contribution in [0.3, 0.4) is 0 Å². The molecule has 0 radical (unpaired) electrons. The summed E-state index contributed by atoms with van der Waals surface area (Å²) in [6.45, 7) is 0. The second kappa shape index (κ2) is 3.48. The fourth-order valence-corrected chi connectivity index (χ4v) is 5.05. The van der Waals surface area contributed by atoms with E-state index in [1.54, 1.807) is 0 Å². The van der Waals surface area contributed by atoms with E-state index in [9.17, 15) is 0 Å². The minimum Gasteiger partial charge on any atom is -0.337 e. The van der Waals surface area contributed by atoms with Crippen LogP contribution in [-0.4, -0.2) is 31.6 Å². The van der Waals surface area contributed by atoms with Gasteiger partial charge in [0.25, 0.3) is 0 Å². The maximum absolute atomic E-state index is 5.60. The Morgan fingerprint density at radius 3 is 1.39 bits per heavy atom. The topological polar surface area (TPSA) is 30.5 Å². The molecule has 2 heterocycles. The molecular weight excluding hydrogens is 264 g/mol. The third-order valence-corrected chi connectivity index (χ3v) is 5.49. The lowest BCUT2D eigenvalue weighted by Gasteiger charge is -2.37. The van der Waals surface area contributed by atoms with Gasteiger partial charge >= 0.3 is 0 Å². The van der Waals surface area contributed by atoms with Gasteiger partial charge in [-0.2, -0.15) is 0 Å². The van der Waals surface area contributed by atoms with Crippen LogP contribution in [0.4, 0.5) is 0 Å². The summed E-state index contributed by atoms with van der Waals surface area (Å²) in [4.78, 5) is 0. The fraction of sp³-hybridized carbons (Fsp3) is 0.833. The number of hydrazine groups is 1. The Morgan fingerprint density at radius 2 is 1.06 bits per heavy atom. The molecular formula is C12H18N4S2. The highest BCUT2D eigenvalue weighted by Gasteiger charge is 2.61. The van der Waals surface area contributed by atoms with E-state index in [-0.39, 0.29) is 11.3 Å². The number of hydrogen-bond donors (Lipinski definition) is 2. The molecule has 98 valence electrons. The maximum Gasteiger partial charge on any atom is 0.192 e. The van der Waals surface area contributed by atoms with Crippen LogP contribution >= 0.6 is 24.4 Å². The molecule has 0 bridgehead atoms. The van der Waals surface area contributed by atoms with E-state index in [1.807, 2.05) is 0 Å². The standard InChI is InChI=1S/C12H18N4S2/c17-9-13-11(5-1-2-6-11)15-10(18)14-12(16(9)15)7-3-4-8-12/h1-8H2,(H,13,17)(H,14,18). The van der Waals surface area contributed by atoms with Gasteiger partial charge in [0.15, 0.2) is 10.2 Å². The molecule has 0 aromatic rings. The van der Waals surface area contributed by atoms with Gasteiger partial charge in [-0.15, -0.1) is 0 Å². The molecule has 0 aromatic carbocycles. The van der Waals surface area contributed by atoms with Crippen molar-refractivity contribution >= 4 is 34.7 Å². The first-order valence-electron chi connectivity index (χ1n) is 6.92. The van der Waals surface area contributed by atoms with Crippen molar-refractivity contribution in [3.63, 3.8) is 0 Å². The van der Waals surface area contributed by atoms with Crippen molar-refractivity contribution in [1.82, 2.24) is 20.7 Å². The van der Waals surface area contributed by atoms with Gasteiger partial charge in [0.05, 0.1) is 0 Å². The third kappa shape index (κ3) is 1.20. The van der Waals surface area contributed by atoms with E-state index >= 15 is 0 Å². The van der Waals surface area contributed by atoms with Crippen LogP contribution in [0.2, 0.25) is 0 Å². The lowest BCUT2D eigenvalue weighted by molar-refractivity contribution is 0.00499. The van der Waals surface area contributed by atoms with E-state index in [4.69, 9.17) is 24.4 Å². The van der Waals surface area contributed by atoms with Gasteiger partial charge in [0, 0.05) is 0 Å². The molecule has 2 saturated heterocycles. The van der Waals surface area contributed by atoms with Crippen LogP contribution in [0.25, 0.3) is 0 Å². The van der Waals surface area contributed by atoms with Gasteiger partial charge in [0.1, 0.15) is 11.3 Å². The van der Waals surface area contributed by atoms with E-state index < -0.39 is 0 Å².